The first kappa shape index (κ1) is 9.65. The van der Waals surface area contributed by atoms with Gasteiger partial charge in [-0.25, -0.2) is 0 Å². The molecule has 0 aliphatic heterocycles. The molecule has 0 saturated heterocycles. The molecule has 2 heterocycles. The molecule has 2 N–H and O–H groups in total. The molecular weight excluding hydrogens is 218 g/mol. The summed E-state index contributed by atoms with van der Waals surface area (Å²) in [6.45, 7) is 0. The van der Waals surface area contributed by atoms with Crippen LogP contribution in [0.4, 0.5) is 0 Å². The van der Waals surface area contributed by atoms with Crippen molar-refractivity contribution in [2.24, 2.45) is 0 Å². The zero-order valence-corrected chi connectivity index (χ0v) is 8.79. The Morgan fingerprint density at radius 1 is 1.29 bits per heavy atom. The van der Waals surface area contributed by atoms with E-state index in [9.17, 15) is 5.11 Å². The number of aromatic amines is 1. The fraction of sp³-hybridized carbons (Fsp3) is 0. The fourth-order valence-corrected chi connectivity index (χ4v) is 1.66. The number of aliphatic hydroxyl groups is 1. The lowest BCUT2D eigenvalue weighted by molar-refractivity contribution is 0.453. The van der Waals surface area contributed by atoms with Crippen LogP contribution in [0.15, 0.2) is 47.1 Å². The zero-order chi connectivity index (χ0) is 11.7. The first-order valence-electron chi connectivity index (χ1n) is 5.09. The van der Waals surface area contributed by atoms with Crippen LogP contribution in [0.5, 0.6) is 0 Å². The molecule has 1 aliphatic rings. The van der Waals surface area contributed by atoms with Crippen LogP contribution in [0.2, 0.25) is 0 Å². The Bertz CT molecular complexity index is 691. The maximum absolute atomic E-state index is 10.1. The van der Waals surface area contributed by atoms with Gasteiger partial charge in [-0.3, -0.25) is 5.10 Å². The smallest absolute Gasteiger partial charge is 0.186 e. The molecule has 0 aromatic carbocycles. The number of nitrogens with one attached hydrogen (secondary N) is 1. The van der Waals surface area contributed by atoms with Crippen molar-refractivity contribution in [3.8, 4) is 0 Å². The van der Waals surface area contributed by atoms with E-state index < -0.39 is 0 Å². The standard InChI is InChI=1S/C12H9N3O2/c16-12(9-6-3-7-17-9)11-10(13-15-14-11)8-4-1-2-5-8/h1-7,16H,(H,13,14)/b12-11+. The molecule has 5 nitrogen and oxygen atoms in total. The zero-order valence-electron chi connectivity index (χ0n) is 8.79. The Balaban J connectivity index is 2.34. The minimum atomic E-state index is -0.00352. The summed E-state index contributed by atoms with van der Waals surface area (Å²) < 4.78 is 5.13. The monoisotopic (exact) mass is 227 g/mol. The van der Waals surface area contributed by atoms with E-state index in [1.807, 2.05) is 24.3 Å². The molecule has 5 heteroatoms. The van der Waals surface area contributed by atoms with E-state index in [0.29, 0.717) is 16.5 Å². The Morgan fingerprint density at radius 3 is 2.82 bits per heavy atom. The van der Waals surface area contributed by atoms with Gasteiger partial charge in [-0.2, -0.15) is 0 Å². The highest BCUT2D eigenvalue weighted by Gasteiger charge is 2.08. The summed E-state index contributed by atoms with van der Waals surface area (Å²) in [4.78, 5) is 0. The first-order valence-corrected chi connectivity index (χ1v) is 5.09. The highest BCUT2D eigenvalue weighted by Crippen LogP contribution is 2.08. The van der Waals surface area contributed by atoms with E-state index in [1.54, 1.807) is 12.1 Å². The summed E-state index contributed by atoms with van der Waals surface area (Å²) in [7, 11) is 0. The number of aliphatic hydroxyl groups excluding tert-OH is 1. The summed E-state index contributed by atoms with van der Waals surface area (Å²) in [5.41, 5.74) is 0.895. The van der Waals surface area contributed by atoms with Crippen LogP contribution in [-0.4, -0.2) is 20.5 Å². The number of hydrogen-bond donors (Lipinski definition) is 2. The van der Waals surface area contributed by atoms with Crippen LogP contribution >= 0.6 is 0 Å². The molecule has 0 fully saturated rings. The summed E-state index contributed by atoms with van der Waals surface area (Å²) in [6.07, 6.45) is 9.10. The number of furan rings is 1. The number of hydrogen-bond acceptors (Lipinski definition) is 4. The van der Waals surface area contributed by atoms with Gasteiger partial charge in [0.15, 0.2) is 11.5 Å². The average Bonchev–Trinajstić information content (AvgIpc) is 3.09. The van der Waals surface area contributed by atoms with Gasteiger partial charge in [-0.05, 0) is 12.1 Å². The predicted molar refractivity (Wildman–Crippen MR) is 61.2 cm³/mol. The Morgan fingerprint density at radius 2 is 2.12 bits per heavy atom. The van der Waals surface area contributed by atoms with Gasteiger partial charge < -0.3 is 9.52 Å². The molecule has 0 atom stereocenters. The molecule has 2 aromatic heterocycles. The summed E-state index contributed by atoms with van der Waals surface area (Å²) in [5, 5.41) is 21.5. The highest BCUT2D eigenvalue weighted by molar-refractivity contribution is 5.70. The molecule has 84 valence electrons. The first-order chi connectivity index (χ1) is 8.36. The number of aromatic nitrogens is 3. The Kier molecular flexibility index (Phi) is 2.15. The van der Waals surface area contributed by atoms with Gasteiger partial charge in [0.1, 0.15) is 10.7 Å². The Labute approximate surface area is 96.1 Å². The van der Waals surface area contributed by atoms with Crippen molar-refractivity contribution in [3.05, 3.63) is 59.2 Å². The predicted octanol–water partition coefficient (Wildman–Crippen LogP) is 0.389. The lowest BCUT2D eigenvalue weighted by Crippen LogP contribution is -2.29. The van der Waals surface area contributed by atoms with Crippen LogP contribution in [0, 0.1) is 0 Å². The molecule has 0 spiro atoms. The van der Waals surface area contributed by atoms with Crippen LogP contribution in [-0.2, 0) is 0 Å². The number of rotatable bonds is 1. The lowest BCUT2D eigenvalue weighted by Gasteiger charge is -1.92. The number of nitrogens with zero attached hydrogens (tertiary/aromatic N) is 2. The normalized spacial score (nSPS) is 15.6. The molecule has 1 aliphatic carbocycles. The maximum Gasteiger partial charge on any atom is 0.186 e. The fourth-order valence-electron chi connectivity index (χ4n) is 1.66. The van der Waals surface area contributed by atoms with Gasteiger partial charge in [0.25, 0.3) is 0 Å². The second kappa shape index (κ2) is 3.79. The van der Waals surface area contributed by atoms with Crippen molar-refractivity contribution in [2.75, 3.05) is 0 Å². The molecule has 0 radical (unpaired) electrons. The molecule has 0 unspecified atom stereocenters. The third-order valence-corrected chi connectivity index (χ3v) is 2.48. The van der Waals surface area contributed by atoms with Crippen molar-refractivity contribution in [3.63, 3.8) is 0 Å². The summed E-state index contributed by atoms with van der Waals surface area (Å²) >= 11 is 0. The topological polar surface area (TPSA) is 74.9 Å². The van der Waals surface area contributed by atoms with Gasteiger partial charge in [-0.1, -0.05) is 29.5 Å². The van der Waals surface area contributed by atoms with E-state index in [2.05, 4.69) is 15.4 Å². The van der Waals surface area contributed by atoms with E-state index in [-0.39, 0.29) is 5.76 Å². The molecular formula is C12H9N3O2. The molecule has 3 rings (SSSR count). The molecule has 17 heavy (non-hydrogen) atoms. The third-order valence-electron chi connectivity index (χ3n) is 2.48. The SMILES string of the molecule is O/C(c1ccco1)=c1/[nH]nnc1=C1C=CC=C1. The van der Waals surface area contributed by atoms with Gasteiger partial charge in [0, 0.05) is 5.57 Å². The molecule has 0 amide bonds. The highest BCUT2D eigenvalue weighted by atomic mass is 16.4. The van der Waals surface area contributed by atoms with E-state index >= 15 is 0 Å². The van der Waals surface area contributed by atoms with Crippen molar-refractivity contribution in [1.29, 1.82) is 0 Å². The number of allylic oxidation sites excluding steroid dienone is 4. The van der Waals surface area contributed by atoms with Crippen LogP contribution in [0.25, 0.3) is 11.3 Å². The van der Waals surface area contributed by atoms with Crippen molar-refractivity contribution >= 4 is 11.3 Å². The van der Waals surface area contributed by atoms with Gasteiger partial charge >= 0.3 is 0 Å². The Hall–Kier alpha value is -2.56. The second-order valence-corrected chi connectivity index (χ2v) is 3.53. The molecule has 0 bridgehead atoms. The summed E-state index contributed by atoms with van der Waals surface area (Å²) in [5.74, 6) is 0.375. The van der Waals surface area contributed by atoms with Crippen molar-refractivity contribution in [1.82, 2.24) is 15.4 Å². The van der Waals surface area contributed by atoms with Crippen LogP contribution in [0.3, 0.4) is 0 Å². The van der Waals surface area contributed by atoms with E-state index in [1.165, 1.54) is 6.26 Å². The van der Waals surface area contributed by atoms with Crippen LogP contribution in [0.1, 0.15) is 5.76 Å². The van der Waals surface area contributed by atoms with Gasteiger partial charge in [-0.15, -0.1) is 5.10 Å². The average molecular weight is 227 g/mol. The van der Waals surface area contributed by atoms with Gasteiger partial charge in [0.05, 0.1) is 6.26 Å². The van der Waals surface area contributed by atoms with Crippen molar-refractivity contribution in [2.45, 2.75) is 0 Å². The molecule has 2 aromatic rings. The lowest BCUT2D eigenvalue weighted by atomic mass is 10.2. The minimum absolute atomic E-state index is 0.00352. The minimum Gasteiger partial charge on any atom is -0.503 e. The van der Waals surface area contributed by atoms with Gasteiger partial charge in [0.2, 0.25) is 0 Å². The molecule has 0 saturated carbocycles. The van der Waals surface area contributed by atoms with E-state index in [4.69, 9.17) is 4.42 Å². The maximum atomic E-state index is 10.1. The number of H-pyrrole nitrogens is 1. The second-order valence-electron chi connectivity index (χ2n) is 3.53. The van der Waals surface area contributed by atoms with E-state index in [0.717, 1.165) is 5.57 Å². The van der Waals surface area contributed by atoms with Crippen molar-refractivity contribution < 1.29 is 9.52 Å². The third kappa shape index (κ3) is 1.57. The largest absolute Gasteiger partial charge is 0.503 e. The van der Waals surface area contributed by atoms with Crippen LogP contribution < -0.4 is 10.7 Å². The quantitative estimate of drug-likeness (QED) is 0.739. The summed E-state index contributed by atoms with van der Waals surface area (Å²) in [6, 6.07) is 3.38.